The highest BCUT2D eigenvalue weighted by molar-refractivity contribution is 6.04. The van der Waals surface area contributed by atoms with E-state index in [-0.39, 0.29) is 5.56 Å². The fraction of sp³-hybridized carbons (Fsp3) is 0.320. The van der Waals surface area contributed by atoms with Crippen molar-refractivity contribution in [1.29, 1.82) is 0 Å². The topological polar surface area (TPSA) is 67.4 Å². The number of nitrogens with one attached hydrogen (secondary N) is 1. The standard InChI is InChI=1S/C25H23F3N4O2/c1-15-21(17-10-23-22(30-12-17)6-5-20-14-34-8-7-32(20)23)11-19(13-29-15)31-24(33)16-3-2-4-18(9-16)25(26,27)28/h2-4,9-13,20H,5-8,14H2,1H3,(H,31,33). The molecular formula is C25H23F3N4O2. The molecule has 0 aliphatic carbocycles. The number of aryl methyl sites for hydroxylation is 2. The van der Waals surface area contributed by atoms with Crippen LogP contribution in [-0.2, 0) is 17.3 Å². The molecule has 1 fully saturated rings. The van der Waals surface area contributed by atoms with Crippen molar-refractivity contribution in [3.8, 4) is 11.1 Å². The highest BCUT2D eigenvalue weighted by Gasteiger charge is 2.31. The van der Waals surface area contributed by atoms with E-state index in [0.29, 0.717) is 24.9 Å². The molecule has 5 rings (SSSR count). The third-order valence-electron chi connectivity index (χ3n) is 6.31. The Kier molecular flexibility index (Phi) is 5.73. The van der Waals surface area contributed by atoms with Crippen molar-refractivity contribution in [3.63, 3.8) is 0 Å². The number of benzene rings is 1. The summed E-state index contributed by atoms with van der Waals surface area (Å²) in [6, 6.07) is 8.55. The van der Waals surface area contributed by atoms with Crippen molar-refractivity contribution in [2.24, 2.45) is 0 Å². The zero-order valence-electron chi connectivity index (χ0n) is 18.5. The van der Waals surface area contributed by atoms with Gasteiger partial charge in [0.15, 0.2) is 0 Å². The number of aromatic nitrogens is 2. The van der Waals surface area contributed by atoms with Gasteiger partial charge >= 0.3 is 6.18 Å². The Morgan fingerprint density at radius 2 is 2.03 bits per heavy atom. The second-order valence-corrected chi connectivity index (χ2v) is 8.54. The molecule has 6 nitrogen and oxygen atoms in total. The van der Waals surface area contributed by atoms with E-state index in [1.165, 1.54) is 18.3 Å². The fourth-order valence-electron chi connectivity index (χ4n) is 4.52. The molecule has 3 aromatic rings. The molecule has 1 N–H and O–H groups in total. The van der Waals surface area contributed by atoms with Gasteiger partial charge in [-0.15, -0.1) is 0 Å². The number of nitrogens with zero attached hydrogens (tertiary/aromatic N) is 3. The summed E-state index contributed by atoms with van der Waals surface area (Å²) in [6.07, 6.45) is 0.686. The molecule has 176 valence electrons. The molecule has 0 saturated carbocycles. The molecule has 4 heterocycles. The second kappa shape index (κ2) is 8.72. The molecule has 2 aliphatic rings. The lowest BCUT2D eigenvalue weighted by Gasteiger charge is -2.41. The molecule has 34 heavy (non-hydrogen) atoms. The maximum atomic E-state index is 13.0. The van der Waals surface area contributed by atoms with Crippen molar-refractivity contribution in [2.45, 2.75) is 32.0 Å². The van der Waals surface area contributed by atoms with Gasteiger partial charge < -0.3 is 15.0 Å². The van der Waals surface area contributed by atoms with Crippen LogP contribution in [-0.4, -0.2) is 41.7 Å². The van der Waals surface area contributed by atoms with Crippen molar-refractivity contribution < 1.29 is 22.7 Å². The maximum Gasteiger partial charge on any atom is 0.416 e. The lowest BCUT2D eigenvalue weighted by molar-refractivity contribution is -0.137. The van der Waals surface area contributed by atoms with Crippen LogP contribution in [0.5, 0.6) is 0 Å². The molecule has 1 atom stereocenters. The number of hydrogen-bond donors (Lipinski definition) is 1. The molecule has 0 radical (unpaired) electrons. The number of carbonyl (C=O) groups is 1. The molecule has 1 saturated heterocycles. The lowest BCUT2D eigenvalue weighted by Crippen LogP contribution is -2.48. The van der Waals surface area contributed by atoms with Crippen LogP contribution >= 0.6 is 0 Å². The van der Waals surface area contributed by atoms with E-state index >= 15 is 0 Å². The van der Waals surface area contributed by atoms with Crippen LogP contribution < -0.4 is 10.2 Å². The fourth-order valence-corrected chi connectivity index (χ4v) is 4.52. The summed E-state index contributed by atoms with van der Waals surface area (Å²) >= 11 is 0. The molecule has 1 aromatic carbocycles. The summed E-state index contributed by atoms with van der Waals surface area (Å²) in [5.41, 5.74) is 4.02. The third-order valence-corrected chi connectivity index (χ3v) is 6.31. The molecule has 2 aromatic heterocycles. The molecule has 9 heteroatoms. The SMILES string of the molecule is Cc1ncc(NC(=O)c2cccc(C(F)(F)F)c2)cc1-c1cnc2c(c1)N1CCOCC1CC2. The van der Waals surface area contributed by atoms with E-state index in [4.69, 9.17) is 9.72 Å². The minimum Gasteiger partial charge on any atom is -0.377 e. The number of pyridine rings is 2. The Balaban J connectivity index is 1.42. The molecule has 0 bridgehead atoms. The number of alkyl halides is 3. The van der Waals surface area contributed by atoms with Gasteiger partial charge in [0.25, 0.3) is 5.91 Å². The van der Waals surface area contributed by atoms with E-state index in [0.717, 1.165) is 59.7 Å². The van der Waals surface area contributed by atoms with Crippen molar-refractivity contribution in [3.05, 3.63) is 71.3 Å². The number of morpholine rings is 1. The molecule has 1 amide bonds. The molecule has 2 aliphatic heterocycles. The number of hydrogen-bond acceptors (Lipinski definition) is 5. The van der Waals surface area contributed by atoms with Crippen LogP contribution in [0.1, 0.15) is 33.7 Å². The Labute approximate surface area is 194 Å². The summed E-state index contributed by atoms with van der Waals surface area (Å²) in [5, 5.41) is 2.67. The first-order valence-corrected chi connectivity index (χ1v) is 11.1. The number of fused-ring (bicyclic) bond motifs is 3. The average molecular weight is 468 g/mol. The van der Waals surface area contributed by atoms with Gasteiger partial charge in [-0.1, -0.05) is 6.07 Å². The van der Waals surface area contributed by atoms with Gasteiger partial charge in [0.1, 0.15) is 0 Å². The highest BCUT2D eigenvalue weighted by Crippen LogP contribution is 2.35. The van der Waals surface area contributed by atoms with Crippen LogP contribution in [0.15, 0.2) is 48.8 Å². The van der Waals surface area contributed by atoms with E-state index in [2.05, 4.69) is 21.3 Å². The van der Waals surface area contributed by atoms with Crippen molar-refractivity contribution in [2.75, 3.05) is 30.0 Å². The summed E-state index contributed by atoms with van der Waals surface area (Å²) in [5.74, 6) is -0.637. The zero-order valence-corrected chi connectivity index (χ0v) is 18.5. The monoisotopic (exact) mass is 468 g/mol. The Hall–Kier alpha value is -3.46. The number of halogens is 3. The van der Waals surface area contributed by atoms with Crippen LogP contribution in [0.4, 0.5) is 24.5 Å². The first kappa shape index (κ1) is 22.3. The Morgan fingerprint density at radius 1 is 1.18 bits per heavy atom. The molecule has 1 unspecified atom stereocenters. The van der Waals surface area contributed by atoms with Gasteiger partial charge in [0.2, 0.25) is 0 Å². The number of rotatable bonds is 3. The van der Waals surface area contributed by atoms with E-state index in [1.807, 2.05) is 13.1 Å². The normalized spacial score (nSPS) is 17.6. The largest absolute Gasteiger partial charge is 0.416 e. The van der Waals surface area contributed by atoms with E-state index in [9.17, 15) is 18.0 Å². The predicted molar refractivity (Wildman–Crippen MR) is 122 cm³/mol. The second-order valence-electron chi connectivity index (χ2n) is 8.54. The van der Waals surface area contributed by atoms with Crippen LogP contribution in [0.25, 0.3) is 11.1 Å². The highest BCUT2D eigenvalue weighted by atomic mass is 19.4. The summed E-state index contributed by atoms with van der Waals surface area (Å²) in [6.45, 7) is 4.07. The van der Waals surface area contributed by atoms with Gasteiger partial charge in [-0.25, -0.2) is 0 Å². The zero-order chi connectivity index (χ0) is 23.9. The molecule has 0 spiro atoms. The van der Waals surface area contributed by atoms with Gasteiger partial charge in [0.05, 0.1) is 48.1 Å². The van der Waals surface area contributed by atoms with Crippen molar-refractivity contribution >= 4 is 17.3 Å². The van der Waals surface area contributed by atoms with Gasteiger partial charge in [-0.2, -0.15) is 13.2 Å². The minimum absolute atomic E-state index is 0.0780. The van der Waals surface area contributed by atoms with Gasteiger partial charge in [-0.05, 0) is 50.1 Å². The number of carbonyl (C=O) groups excluding carboxylic acids is 1. The smallest absolute Gasteiger partial charge is 0.377 e. The van der Waals surface area contributed by atoms with Crippen LogP contribution in [0, 0.1) is 6.92 Å². The number of ether oxygens (including phenoxy) is 1. The first-order chi connectivity index (χ1) is 16.3. The summed E-state index contributed by atoms with van der Waals surface area (Å²) in [4.78, 5) is 24.1. The Bertz CT molecular complexity index is 1250. The van der Waals surface area contributed by atoms with Crippen LogP contribution in [0.3, 0.4) is 0 Å². The Morgan fingerprint density at radius 3 is 2.85 bits per heavy atom. The van der Waals surface area contributed by atoms with Gasteiger partial charge in [-0.3, -0.25) is 14.8 Å². The first-order valence-electron chi connectivity index (χ1n) is 11.1. The summed E-state index contributed by atoms with van der Waals surface area (Å²) in [7, 11) is 0. The number of amides is 1. The molecular weight excluding hydrogens is 445 g/mol. The predicted octanol–water partition coefficient (Wildman–Crippen LogP) is 4.87. The summed E-state index contributed by atoms with van der Waals surface area (Å²) < 4.78 is 44.7. The maximum absolute atomic E-state index is 13.0. The van der Waals surface area contributed by atoms with Crippen LogP contribution in [0.2, 0.25) is 0 Å². The third kappa shape index (κ3) is 4.35. The number of anilines is 2. The van der Waals surface area contributed by atoms with Crippen molar-refractivity contribution in [1.82, 2.24) is 9.97 Å². The van der Waals surface area contributed by atoms with E-state index in [1.54, 1.807) is 6.07 Å². The lowest BCUT2D eigenvalue weighted by atomic mass is 9.96. The minimum atomic E-state index is -4.52. The van der Waals surface area contributed by atoms with E-state index < -0.39 is 17.6 Å². The quantitative estimate of drug-likeness (QED) is 0.594. The van der Waals surface area contributed by atoms with Gasteiger partial charge in [0, 0.05) is 35.1 Å². The average Bonchev–Trinajstić information content (AvgIpc) is 2.84.